The first-order valence-corrected chi connectivity index (χ1v) is 11.4. The summed E-state index contributed by atoms with van der Waals surface area (Å²) in [6, 6.07) is 11.3. The van der Waals surface area contributed by atoms with E-state index in [1.165, 1.54) is 11.3 Å². The fourth-order valence-corrected chi connectivity index (χ4v) is 4.58. The molecule has 1 saturated heterocycles. The van der Waals surface area contributed by atoms with E-state index in [1.54, 1.807) is 12.1 Å². The highest BCUT2D eigenvalue weighted by molar-refractivity contribution is 7.18. The Kier molecular flexibility index (Phi) is 6.80. The summed E-state index contributed by atoms with van der Waals surface area (Å²) >= 11 is 7.12. The fraction of sp³-hybridized carbons (Fsp3) is 0.364. The summed E-state index contributed by atoms with van der Waals surface area (Å²) in [5, 5.41) is 4.11. The standard InChI is InChI=1S/C22H23ClN4O3S/c1-15-4-2-3-5-16(15)22-24-20(30-25-22)14-26-10-12-27(13-11-26)21(29)9-6-17(28)18-7-8-19(23)31-18/h2-5,7-8H,6,9-14H2,1H3. The molecule has 0 spiro atoms. The zero-order valence-electron chi connectivity index (χ0n) is 17.2. The van der Waals surface area contributed by atoms with Crippen molar-refractivity contribution < 1.29 is 14.1 Å². The van der Waals surface area contributed by atoms with E-state index >= 15 is 0 Å². The van der Waals surface area contributed by atoms with Crippen LogP contribution in [0.1, 0.15) is 34.0 Å². The van der Waals surface area contributed by atoms with Gasteiger partial charge < -0.3 is 9.42 Å². The molecule has 0 aliphatic carbocycles. The minimum absolute atomic E-state index is 0.00952. The molecule has 162 valence electrons. The highest BCUT2D eigenvalue weighted by Gasteiger charge is 2.23. The maximum Gasteiger partial charge on any atom is 0.241 e. The molecule has 1 amide bonds. The lowest BCUT2D eigenvalue weighted by Crippen LogP contribution is -2.48. The minimum atomic E-state index is -0.0373. The third kappa shape index (κ3) is 5.39. The predicted octanol–water partition coefficient (Wildman–Crippen LogP) is 4.07. The molecular weight excluding hydrogens is 436 g/mol. The Morgan fingerprint density at radius 2 is 1.87 bits per heavy atom. The Hall–Kier alpha value is -2.55. The van der Waals surface area contributed by atoms with E-state index in [2.05, 4.69) is 15.0 Å². The van der Waals surface area contributed by atoms with Crippen LogP contribution in [-0.2, 0) is 11.3 Å². The molecule has 1 aromatic carbocycles. The molecule has 7 nitrogen and oxygen atoms in total. The van der Waals surface area contributed by atoms with Crippen LogP contribution in [0.15, 0.2) is 40.9 Å². The number of amides is 1. The summed E-state index contributed by atoms with van der Waals surface area (Å²) in [7, 11) is 0. The normalized spacial score (nSPS) is 14.7. The van der Waals surface area contributed by atoms with E-state index in [0.717, 1.165) is 24.2 Å². The number of rotatable bonds is 7. The first kappa shape index (κ1) is 21.7. The Morgan fingerprint density at radius 1 is 1.10 bits per heavy atom. The van der Waals surface area contributed by atoms with Crippen LogP contribution >= 0.6 is 22.9 Å². The number of hydrogen-bond acceptors (Lipinski definition) is 7. The van der Waals surface area contributed by atoms with Gasteiger partial charge in [0.2, 0.25) is 17.6 Å². The molecular formula is C22H23ClN4O3S. The smallest absolute Gasteiger partial charge is 0.241 e. The van der Waals surface area contributed by atoms with Gasteiger partial charge in [-0.05, 0) is 24.6 Å². The second-order valence-electron chi connectivity index (χ2n) is 7.51. The number of ketones is 1. The van der Waals surface area contributed by atoms with Crippen LogP contribution < -0.4 is 0 Å². The third-order valence-corrected chi connectivity index (χ3v) is 6.62. The van der Waals surface area contributed by atoms with Crippen molar-refractivity contribution >= 4 is 34.6 Å². The number of thiophene rings is 1. The minimum Gasteiger partial charge on any atom is -0.340 e. The van der Waals surface area contributed by atoms with Gasteiger partial charge in [-0.1, -0.05) is 41.0 Å². The lowest BCUT2D eigenvalue weighted by atomic mass is 10.1. The number of aryl methyl sites for hydroxylation is 1. The molecule has 0 N–H and O–H groups in total. The first-order chi connectivity index (χ1) is 15.0. The van der Waals surface area contributed by atoms with Crippen molar-refractivity contribution in [3.63, 3.8) is 0 Å². The zero-order chi connectivity index (χ0) is 21.8. The average molecular weight is 459 g/mol. The van der Waals surface area contributed by atoms with Gasteiger partial charge in [0, 0.05) is 44.6 Å². The van der Waals surface area contributed by atoms with Crippen LogP contribution in [0.5, 0.6) is 0 Å². The Balaban J connectivity index is 1.24. The molecule has 0 atom stereocenters. The van der Waals surface area contributed by atoms with Crippen molar-refractivity contribution in [2.45, 2.75) is 26.3 Å². The van der Waals surface area contributed by atoms with E-state index in [4.69, 9.17) is 16.1 Å². The summed E-state index contributed by atoms with van der Waals surface area (Å²) in [5.41, 5.74) is 2.06. The highest BCUT2D eigenvalue weighted by Crippen LogP contribution is 2.23. The highest BCUT2D eigenvalue weighted by atomic mass is 35.5. The van der Waals surface area contributed by atoms with Gasteiger partial charge >= 0.3 is 0 Å². The van der Waals surface area contributed by atoms with E-state index in [9.17, 15) is 9.59 Å². The molecule has 1 aliphatic heterocycles. The Morgan fingerprint density at radius 3 is 2.58 bits per heavy atom. The van der Waals surface area contributed by atoms with Crippen LogP contribution in [0, 0.1) is 6.92 Å². The van der Waals surface area contributed by atoms with Crippen LogP contribution in [-0.4, -0.2) is 57.8 Å². The van der Waals surface area contributed by atoms with Crippen molar-refractivity contribution in [1.29, 1.82) is 0 Å². The first-order valence-electron chi connectivity index (χ1n) is 10.2. The number of hydrogen-bond donors (Lipinski definition) is 0. The van der Waals surface area contributed by atoms with Gasteiger partial charge in [0.05, 0.1) is 15.8 Å². The van der Waals surface area contributed by atoms with E-state index in [0.29, 0.717) is 40.6 Å². The molecule has 9 heteroatoms. The zero-order valence-corrected chi connectivity index (χ0v) is 18.8. The van der Waals surface area contributed by atoms with Gasteiger partial charge in [0.15, 0.2) is 5.78 Å². The monoisotopic (exact) mass is 458 g/mol. The summed E-state index contributed by atoms with van der Waals surface area (Å²) in [4.78, 5) is 33.8. The van der Waals surface area contributed by atoms with Gasteiger partial charge in [0.25, 0.3) is 0 Å². The molecule has 2 aromatic heterocycles. The average Bonchev–Trinajstić information content (AvgIpc) is 3.42. The number of halogens is 1. The molecule has 0 saturated carbocycles. The second kappa shape index (κ2) is 9.72. The Bertz CT molecular complexity index is 1070. The van der Waals surface area contributed by atoms with Gasteiger partial charge in [-0.3, -0.25) is 14.5 Å². The summed E-state index contributed by atoms with van der Waals surface area (Å²) in [6.07, 6.45) is 0.428. The molecule has 3 aromatic rings. The number of aromatic nitrogens is 2. The maximum absolute atomic E-state index is 12.5. The molecule has 0 unspecified atom stereocenters. The quantitative estimate of drug-likeness (QED) is 0.496. The van der Waals surface area contributed by atoms with Crippen molar-refractivity contribution in [3.8, 4) is 11.4 Å². The van der Waals surface area contributed by atoms with E-state index < -0.39 is 0 Å². The van der Waals surface area contributed by atoms with Crippen molar-refractivity contribution in [1.82, 2.24) is 19.9 Å². The Labute approximate surface area is 189 Å². The van der Waals surface area contributed by atoms with Crippen molar-refractivity contribution in [3.05, 3.63) is 57.1 Å². The molecule has 3 heterocycles. The van der Waals surface area contributed by atoms with Crippen LogP contribution in [0.25, 0.3) is 11.4 Å². The third-order valence-electron chi connectivity index (χ3n) is 5.35. The van der Waals surface area contributed by atoms with Gasteiger partial charge in [-0.25, -0.2) is 0 Å². The summed E-state index contributed by atoms with van der Waals surface area (Å²) in [6.45, 7) is 5.27. The van der Waals surface area contributed by atoms with Crippen LogP contribution in [0.3, 0.4) is 0 Å². The molecule has 1 aliphatic rings. The molecule has 0 bridgehead atoms. The topological polar surface area (TPSA) is 79.5 Å². The molecule has 1 fully saturated rings. The van der Waals surface area contributed by atoms with Gasteiger partial charge in [0.1, 0.15) is 0 Å². The largest absolute Gasteiger partial charge is 0.340 e. The molecule has 4 rings (SSSR count). The SMILES string of the molecule is Cc1ccccc1-c1noc(CN2CCN(C(=O)CCC(=O)c3ccc(Cl)s3)CC2)n1. The number of carbonyl (C=O) groups is 2. The predicted molar refractivity (Wildman–Crippen MR) is 119 cm³/mol. The molecule has 31 heavy (non-hydrogen) atoms. The second-order valence-corrected chi connectivity index (χ2v) is 9.23. The number of Topliss-reactive ketones (excluding diaryl/α,β-unsaturated/α-hetero) is 1. The molecule has 0 radical (unpaired) electrons. The van der Waals surface area contributed by atoms with Gasteiger partial charge in [-0.15, -0.1) is 11.3 Å². The van der Waals surface area contributed by atoms with Crippen molar-refractivity contribution in [2.24, 2.45) is 0 Å². The van der Waals surface area contributed by atoms with Crippen LogP contribution in [0.4, 0.5) is 0 Å². The lowest BCUT2D eigenvalue weighted by molar-refractivity contribution is -0.133. The van der Waals surface area contributed by atoms with E-state index in [1.807, 2.05) is 36.1 Å². The van der Waals surface area contributed by atoms with E-state index in [-0.39, 0.29) is 24.5 Å². The lowest BCUT2D eigenvalue weighted by Gasteiger charge is -2.34. The van der Waals surface area contributed by atoms with Gasteiger partial charge in [-0.2, -0.15) is 4.98 Å². The number of nitrogens with zero attached hydrogens (tertiary/aromatic N) is 4. The summed E-state index contributed by atoms with van der Waals surface area (Å²) in [5.74, 6) is 1.14. The van der Waals surface area contributed by atoms with Crippen molar-refractivity contribution in [2.75, 3.05) is 26.2 Å². The summed E-state index contributed by atoms with van der Waals surface area (Å²) < 4.78 is 6.01. The maximum atomic E-state index is 12.5. The van der Waals surface area contributed by atoms with Crippen LogP contribution in [0.2, 0.25) is 4.34 Å². The number of carbonyl (C=O) groups excluding carboxylic acids is 2. The fourth-order valence-electron chi connectivity index (χ4n) is 3.56. The number of piperazine rings is 1. The number of benzene rings is 1.